The lowest BCUT2D eigenvalue weighted by Crippen LogP contribution is -2.35. The molecule has 0 amide bonds. The lowest BCUT2D eigenvalue weighted by Gasteiger charge is -2.25. The van der Waals surface area contributed by atoms with E-state index in [-0.39, 0.29) is 6.54 Å². The van der Waals surface area contributed by atoms with Gasteiger partial charge in [-0.25, -0.2) is 4.98 Å². The predicted molar refractivity (Wildman–Crippen MR) is 104 cm³/mol. The van der Waals surface area contributed by atoms with Crippen LogP contribution in [-0.4, -0.2) is 60.0 Å². The van der Waals surface area contributed by atoms with Gasteiger partial charge in [0.05, 0.1) is 36.9 Å². The van der Waals surface area contributed by atoms with Gasteiger partial charge in [-0.2, -0.15) is 11.8 Å². The number of thioether (sulfide) groups is 1. The molecule has 8 nitrogen and oxygen atoms in total. The molecular weight excluding hydrogens is 374 g/mol. The second-order valence-corrected chi connectivity index (χ2v) is 7.53. The molecule has 1 aliphatic rings. The van der Waals surface area contributed by atoms with Gasteiger partial charge in [0, 0.05) is 36.5 Å². The van der Waals surface area contributed by atoms with Crippen molar-refractivity contribution in [2.45, 2.75) is 12.3 Å². The van der Waals surface area contributed by atoms with E-state index in [0.717, 1.165) is 61.3 Å². The van der Waals surface area contributed by atoms with Crippen molar-refractivity contribution in [2.24, 2.45) is 0 Å². The third-order valence-corrected chi connectivity index (χ3v) is 5.36. The van der Waals surface area contributed by atoms with Crippen molar-refractivity contribution in [3.05, 3.63) is 38.2 Å². The molecule has 1 fully saturated rings. The fourth-order valence-electron chi connectivity index (χ4n) is 2.28. The molecule has 0 aromatic carbocycles. The van der Waals surface area contributed by atoms with Crippen molar-refractivity contribution in [1.82, 2.24) is 20.5 Å². The molecule has 0 radical (unpaired) electrons. The highest BCUT2D eigenvalue weighted by Crippen LogP contribution is 2.17. The summed E-state index contributed by atoms with van der Waals surface area (Å²) in [7, 11) is 0. The van der Waals surface area contributed by atoms with Gasteiger partial charge < -0.3 is 15.4 Å². The summed E-state index contributed by atoms with van der Waals surface area (Å²) >= 11 is 3.43. The normalized spacial score (nSPS) is 15.4. The van der Waals surface area contributed by atoms with Gasteiger partial charge in [0.15, 0.2) is 5.82 Å². The van der Waals surface area contributed by atoms with Gasteiger partial charge in [0.25, 0.3) is 6.20 Å². The van der Waals surface area contributed by atoms with E-state index in [2.05, 4.69) is 31.8 Å². The van der Waals surface area contributed by atoms with Crippen molar-refractivity contribution < 1.29 is 9.66 Å². The summed E-state index contributed by atoms with van der Waals surface area (Å²) in [5, 5.41) is 19.6. The predicted octanol–water partition coefficient (Wildman–Crippen LogP) is 1.10. The fourth-order valence-corrected chi connectivity index (χ4v) is 3.97. The number of morpholine rings is 1. The number of rotatable bonds is 11. The van der Waals surface area contributed by atoms with Crippen LogP contribution in [0.25, 0.3) is 0 Å². The molecule has 1 aromatic heterocycles. The van der Waals surface area contributed by atoms with Gasteiger partial charge in [-0.05, 0) is 0 Å². The van der Waals surface area contributed by atoms with E-state index in [1.54, 1.807) is 23.1 Å². The molecule has 0 atom stereocenters. The zero-order chi connectivity index (χ0) is 18.6. The molecule has 0 unspecified atom stereocenters. The number of hydrogen-bond donors (Lipinski definition) is 2. The lowest BCUT2D eigenvalue weighted by atomic mass is 10.4. The van der Waals surface area contributed by atoms with E-state index in [1.165, 1.54) is 0 Å². The van der Waals surface area contributed by atoms with Crippen LogP contribution in [0.5, 0.6) is 0 Å². The molecular formula is C16H23N5O3S2. The van der Waals surface area contributed by atoms with Crippen molar-refractivity contribution >= 4 is 23.1 Å². The Morgan fingerprint density at radius 1 is 1.54 bits per heavy atom. The Labute approximate surface area is 161 Å². The summed E-state index contributed by atoms with van der Waals surface area (Å²) in [4.78, 5) is 17.1. The van der Waals surface area contributed by atoms with Crippen LogP contribution in [0.3, 0.4) is 0 Å². The third-order valence-electron chi connectivity index (χ3n) is 3.49. The van der Waals surface area contributed by atoms with Crippen LogP contribution in [0.1, 0.15) is 10.7 Å². The van der Waals surface area contributed by atoms with Crippen molar-refractivity contribution in [1.29, 1.82) is 0 Å². The van der Waals surface area contributed by atoms with E-state index in [9.17, 15) is 10.1 Å². The lowest BCUT2D eigenvalue weighted by molar-refractivity contribution is -0.404. The Bertz CT molecular complexity index is 638. The van der Waals surface area contributed by atoms with Crippen LogP contribution in [0.2, 0.25) is 0 Å². The molecule has 1 aromatic rings. The molecule has 2 rings (SSSR count). The van der Waals surface area contributed by atoms with Crippen LogP contribution in [0.4, 0.5) is 0 Å². The molecule has 0 spiro atoms. The Kier molecular flexibility index (Phi) is 9.27. The molecule has 10 heteroatoms. The largest absolute Gasteiger partial charge is 0.379 e. The van der Waals surface area contributed by atoms with Crippen LogP contribution in [0, 0.1) is 22.5 Å². The summed E-state index contributed by atoms with van der Waals surface area (Å²) in [6, 6.07) is 0. The highest BCUT2D eigenvalue weighted by molar-refractivity contribution is 7.98. The highest BCUT2D eigenvalue weighted by Gasteiger charge is 2.12. The smallest absolute Gasteiger partial charge is 0.274 e. The van der Waals surface area contributed by atoms with Crippen molar-refractivity contribution in [3.8, 4) is 12.3 Å². The third kappa shape index (κ3) is 8.05. The number of nitrogens with one attached hydrogen (secondary N) is 2. The van der Waals surface area contributed by atoms with Crippen molar-refractivity contribution in [2.75, 3.05) is 45.1 Å². The Morgan fingerprint density at radius 2 is 2.35 bits per heavy atom. The molecule has 2 N–H and O–H groups in total. The van der Waals surface area contributed by atoms with Gasteiger partial charge in [0.1, 0.15) is 5.01 Å². The second kappa shape index (κ2) is 11.7. The van der Waals surface area contributed by atoms with Crippen LogP contribution in [-0.2, 0) is 17.0 Å². The first-order valence-electron chi connectivity index (χ1n) is 8.25. The second-order valence-electron chi connectivity index (χ2n) is 5.49. The SMILES string of the molecule is C#CCNC(=C[N+](=O)[O-])NCCSCc1csc(CN2CCOCC2)n1. The highest BCUT2D eigenvalue weighted by atomic mass is 32.2. The number of thiazole rings is 1. The standard InChI is InChI=1S/C16H23N5O3S2/c1-2-3-17-15(10-21(22)23)18-4-9-25-12-14-13-26-16(19-14)11-20-5-7-24-8-6-20/h1,10,13,17-18H,3-9,11-12H2. The first kappa shape index (κ1) is 20.5. The maximum atomic E-state index is 10.6. The number of hydrogen-bond acceptors (Lipinski definition) is 9. The van der Waals surface area contributed by atoms with E-state index < -0.39 is 4.92 Å². The first-order valence-corrected chi connectivity index (χ1v) is 10.3. The topological polar surface area (TPSA) is 92.6 Å². The minimum absolute atomic E-state index is 0.241. The maximum Gasteiger partial charge on any atom is 0.274 e. The van der Waals surface area contributed by atoms with E-state index >= 15 is 0 Å². The number of ether oxygens (including phenoxy) is 1. The Hall–Kier alpha value is -1.80. The van der Waals surface area contributed by atoms with E-state index in [1.807, 2.05) is 0 Å². The molecule has 0 aliphatic carbocycles. The Morgan fingerprint density at radius 3 is 3.08 bits per heavy atom. The number of nitrogens with zero attached hydrogens (tertiary/aromatic N) is 3. The van der Waals surface area contributed by atoms with Gasteiger partial charge in [-0.15, -0.1) is 17.8 Å². The van der Waals surface area contributed by atoms with E-state index in [0.29, 0.717) is 12.4 Å². The van der Waals surface area contributed by atoms with Gasteiger partial charge in [-0.3, -0.25) is 15.0 Å². The molecule has 0 bridgehead atoms. The van der Waals surface area contributed by atoms with E-state index in [4.69, 9.17) is 11.2 Å². The minimum atomic E-state index is -0.510. The number of aromatic nitrogens is 1. The summed E-state index contributed by atoms with van der Waals surface area (Å²) in [5.41, 5.74) is 1.08. The van der Waals surface area contributed by atoms with Crippen LogP contribution < -0.4 is 10.6 Å². The summed E-state index contributed by atoms with van der Waals surface area (Å²) < 4.78 is 5.35. The monoisotopic (exact) mass is 397 g/mol. The zero-order valence-corrected chi connectivity index (χ0v) is 16.1. The summed E-state index contributed by atoms with van der Waals surface area (Å²) in [6.45, 7) is 5.24. The number of terminal acetylenes is 1. The van der Waals surface area contributed by atoms with Crippen molar-refractivity contribution in [3.63, 3.8) is 0 Å². The quantitative estimate of drug-likeness (QED) is 0.248. The average Bonchev–Trinajstić information content (AvgIpc) is 3.07. The summed E-state index contributed by atoms with van der Waals surface area (Å²) in [6.07, 6.45) is 6.04. The molecule has 0 saturated carbocycles. The van der Waals surface area contributed by atoms with Gasteiger partial charge >= 0.3 is 0 Å². The molecule has 1 aliphatic heterocycles. The maximum absolute atomic E-state index is 10.6. The molecule has 26 heavy (non-hydrogen) atoms. The molecule has 2 heterocycles. The van der Waals surface area contributed by atoms with Gasteiger partial charge in [0.2, 0.25) is 0 Å². The average molecular weight is 398 g/mol. The zero-order valence-electron chi connectivity index (χ0n) is 14.5. The number of nitro groups is 1. The van der Waals surface area contributed by atoms with Crippen LogP contribution >= 0.6 is 23.1 Å². The van der Waals surface area contributed by atoms with Crippen LogP contribution in [0.15, 0.2) is 17.4 Å². The molecule has 142 valence electrons. The minimum Gasteiger partial charge on any atom is -0.379 e. The molecule has 1 saturated heterocycles. The first-order chi connectivity index (χ1) is 12.7. The van der Waals surface area contributed by atoms with Gasteiger partial charge in [-0.1, -0.05) is 5.92 Å². The Balaban J connectivity index is 1.64. The fraction of sp³-hybridized carbons (Fsp3) is 0.562. The summed E-state index contributed by atoms with van der Waals surface area (Å²) in [5.74, 6) is 4.35.